The van der Waals surface area contributed by atoms with Gasteiger partial charge in [0.15, 0.2) is 23.0 Å². The van der Waals surface area contributed by atoms with Crippen molar-refractivity contribution in [2.45, 2.75) is 119 Å². The number of benzene rings is 3. The van der Waals surface area contributed by atoms with Crippen LogP contribution >= 0.6 is 34.0 Å². The Morgan fingerprint density at radius 2 is 0.642 bits per heavy atom. The molecule has 0 aliphatic carbocycles. The molecule has 53 heavy (non-hydrogen) atoms. The van der Waals surface area contributed by atoms with Crippen molar-refractivity contribution >= 4 is 97.1 Å². The largest absolute Gasteiger partial charge is 0.488 e. The van der Waals surface area contributed by atoms with Crippen LogP contribution in [0.5, 0.6) is 23.0 Å². The fourth-order valence-electron chi connectivity index (χ4n) is 6.61. The van der Waals surface area contributed by atoms with E-state index in [-0.39, 0.29) is 0 Å². The SMILES string of the molecule is CCCCOC(=O)c1sc2c(OCCCC)c(OCCCC)c3sc4c(OCCCC)c(OCCCC)c5sc(C(=O)OCCCC)c6c1c2c3c4c56. The highest BCUT2D eigenvalue weighted by atomic mass is 32.1. The van der Waals surface area contributed by atoms with Crippen LogP contribution < -0.4 is 18.9 Å². The molecule has 0 spiro atoms. The van der Waals surface area contributed by atoms with Crippen molar-refractivity contribution in [2.24, 2.45) is 0 Å². The van der Waals surface area contributed by atoms with Crippen molar-refractivity contribution in [1.29, 1.82) is 0 Å². The Kier molecular flexibility index (Phi) is 13.7. The second-order valence-electron chi connectivity index (χ2n) is 13.6. The molecule has 0 bridgehead atoms. The predicted molar refractivity (Wildman–Crippen MR) is 222 cm³/mol. The second kappa shape index (κ2) is 18.4. The minimum Gasteiger partial charge on any atom is -0.488 e. The molecule has 3 aromatic heterocycles. The number of rotatable bonds is 24. The van der Waals surface area contributed by atoms with Gasteiger partial charge in [-0.1, -0.05) is 80.1 Å². The lowest BCUT2D eigenvalue weighted by atomic mass is 9.93. The molecule has 6 rings (SSSR count). The quantitative estimate of drug-likeness (QED) is 0.0341. The van der Waals surface area contributed by atoms with Crippen LogP contribution in [0.3, 0.4) is 0 Å². The van der Waals surface area contributed by atoms with Gasteiger partial charge in [0.05, 0.1) is 58.4 Å². The smallest absolute Gasteiger partial charge is 0.348 e. The van der Waals surface area contributed by atoms with Gasteiger partial charge in [0.1, 0.15) is 9.75 Å². The Bertz CT molecular complexity index is 1970. The minimum atomic E-state index is -0.394. The average molecular weight is 783 g/mol. The Morgan fingerprint density at radius 3 is 0.943 bits per heavy atom. The van der Waals surface area contributed by atoms with Gasteiger partial charge in [-0.05, 0) is 38.5 Å². The topological polar surface area (TPSA) is 89.5 Å². The third kappa shape index (κ3) is 7.55. The number of carbonyl (C=O) groups is 2. The molecule has 6 aromatic rings. The van der Waals surface area contributed by atoms with Crippen molar-refractivity contribution in [2.75, 3.05) is 39.6 Å². The Hall–Kier alpha value is -3.28. The van der Waals surface area contributed by atoms with Crippen molar-refractivity contribution < 1.29 is 38.0 Å². The molecule has 0 saturated heterocycles. The zero-order chi connectivity index (χ0) is 37.5. The summed E-state index contributed by atoms with van der Waals surface area (Å²) in [4.78, 5) is 29.4. The van der Waals surface area contributed by atoms with E-state index >= 15 is 0 Å². The highest BCUT2D eigenvalue weighted by molar-refractivity contribution is 7.29. The van der Waals surface area contributed by atoms with Gasteiger partial charge in [-0.3, -0.25) is 0 Å². The lowest BCUT2D eigenvalue weighted by Crippen LogP contribution is -2.06. The number of thiophene rings is 3. The number of fused-ring (bicyclic) bond motifs is 1. The zero-order valence-electron chi connectivity index (χ0n) is 32.2. The summed E-state index contributed by atoms with van der Waals surface area (Å²) in [5.41, 5.74) is 0. The summed E-state index contributed by atoms with van der Waals surface area (Å²) in [6.07, 6.45) is 10.8. The molecule has 0 amide bonds. The van der Waals surface area contributed by atoms with Crippen LogP contribution in [0.25, 0.3) is 51.1 Å². The predicted octanol–water partition coefficient (Wildman–Crippen LogP) is 13.1. The first-order valence-electron chi connectivity index (χ1n) is 19.8. The number of carbonyl (C=O) groups excluding carboxylic acids is 2. The molecule has 0 saturated carbocycles. The van der Waals surface area contributed by atoms with Crippen molar-refractivity contribution in [3.05, 3.63) is 9.75 Å². The number of hydrogen-bond donors (Lipinski definition) is 0. The van der Waals surface area contributed by atoms with Gasteiger partial charge in [-0.25, -0.2) is 9.59 Å². The summed E-state index contributed by atoms with van der Waals surface area (Å²) in [7, 11) is 0. The van der Waals surface area contributed by atoms with Crippen molar-refractivity contribution in [3.8, 4) is 23.0 Å². The first-order chi connectivity index (χ1) is 26.0. The first-order valence-corrected chi connectivity index (χ1v) is 22.3. The summed E-state index contributed by atoms with van der Waals surface area (Å²) < 4.78 is 42.3. The van der Waals surface area contributed by atoms with Gasteiger partial charge in [0.25, 0.3) is 0 Å². The summed E-state index contributed by atoms with van der Waals surface area (Å²) in [6.45, 7) is 15.5. The lowest BCUT2D eigenvalue weighted by molar-refractivity contribution is 0.0496. The van der Waals surface area contributed by atoms with Crippen molar-refractivity contribution in [1.82, 2.24) is 0 Å². The van der Waals surface area contributed by atoms with E-state index in [1.165, 1.54) is 22.7 Å². The van der Waals surface area contributed by atoms with E-state index in [2.05, 4.69) is 41.5 Å². The minimum absolute atomic E-state index is 0.321. The van der Waals surface area contributed by atoms with Crippen LogP contribution in [0.4, 0.5) is 0 Å². The van der Waals surface area contributed by atoms with E-state index < -0.39 is 11.9 Å². The van der Waals surface area contributed by atoms with E-state index in [9.17, 15) is 9.59 Å². The molecule has 8 nitrogen and oxygen atoms in total. The van der Waals surface area contributed by atoms with Crippen LogP contribution in [-0.2, 0) is 9.47 Å². The number of hydrogen-bond acceptors (Lipinski definition) is 11. The van der Waals surface area contributed by atoms with Crippen LogP contribution in [-0.4, -0.2) is 51.6 Å². The summed E-state index contributed by atoms with van der Waals surface area (Å²) in [5, 5.41) is 5.27. The maximum atomic E-state index is 14.2. The molecular weight excluding hydrogens is 729 g/mol. The van der Waals surface area contributed by atoms with Gasteiger partial charge < -0.3 is 28.4 Å². The van der Waals surface area contributed by atoms with Gasteiger partial charge in [-0.15, -0.1) is 34.0 Å². The number of unbranched alkanes of at least 4 members (excludes halogenated alkanes) is 6. The molecule has 0 fully saturated rings. The Morgan fingerprint density at radius 1 is 0.377 bits per heavy atom. The molecule has 0 radical (unpaired) electrons. The lowest BCUT2D eigenvalue weighted by Gasteiger charge is -2.17. The third-order valence-corrected chi connectivity index (χ3v) is 13.0. The molecule has 11 heteroatoms. The van der Waals surface area contributed by atoms with Gasteiger partial charge in [0.2, 0.25) is 0 Å². The summed E-state index contributed by atoms with van der Waals surface area (Å²) >= 11 is 4.39. The third-order valence-electron chi connectivity index (χ3n) is 9.52. The first kappa shape index (κ1) is 39.4. The summed E-state index contributed by atoms with van der Waals surface area (Å²) in [6, 6.07) is 0. The van der Waals surface area contributed by atoms with Gasteiger partial charge in [0, 0.05) is 32.3 Å². The van der Waals surface area contributed by atoms with Crippen LogP contribution in [0.1, 0.15) is 138 Å². The van der Waals surface area contributed by atoms with Gasteiger partial charge >= 0.3 is 11.9 Å². The van der Waals surface area contributed by atoms with E-state index in [1.54, 1.807) is 11.3 Å². The fraction of sp³-hybridized carbons (Fsp3) is 0.571. The number of esters is 2. The highest BCUT2D eigenvalue weighted by Crippen LogP contribution is 2.63. The van der Waals surface area contributed by atoms with E-state index in [1.807, 2.05) is 0 Å². The van der Waals surface area contributed by atoms with E-state index in [0.29, 0.717) is 72.4 Å². The molecule has 3 aromatic carbocycles. The molecule has 0 atom stereocenters. The normalized spacial score (nSPS) is 12.0. The maximum absolute atomic E-state index is 14.2. The number of ether oxygens (including phenoxy) is 6. The standard InChI is InChI=1S/C42H54O8S3/c1-7-13-19-45-31-33(47-21-15-9-3)37-27-25-26-28-30(29(27)39(52-37)41(43)49-23-17-11-5)40(42(44)50-24-18-12-6)53-38(28)34(48-22-16-10-4)32(46-20-14-8-2)36(26)51-35(25)31/h7-24H2,1-6H3. The molecule has 0 unspecified atom stereocenters. The highest BCUT2D eigenvalue weighted by Gasteiger charge is 2.37. The second-order valence-corrected chi connectivity index (χ2v) is 16.7. The van der Waals surface area contributed by atoms with E-state index in [4.69, 9.17) is 28.4 Å². The molecule has 0 aliphatic rings. The molecule has 3 heterocycles. The van der Waals surface area contributed by atoms with Crippen molar-refractivity contribution in [3.63, 3.8) is 0 Å². The maximum Gasteiger partial charge on any atom is 0.348 e. The molecule has 0 aliphatic heterocycles. The monoisotopic (exact) mass is 782 g/mol. The van der Waals surface area contributed by atoms with E-state index in [0.717, 1.165) is 128 Å². The Labute approximate surface area is 324 Å². The van der Waals surface area contributed by atoms with Crippen LogP contribution in [0.2, 0.25) is 0 Å². The molecule has 0 N–H and O–H groups in total. The van der Waals surface area contributed by atoms with Crippen LogP contribution in [0, 0.1) is 0 Å². The Balaban J connectivity index is 1.79. The zero-order valence-corrected chi connectivity index (χ0v) is 34.7. The average Bonchev–Trinajstić information content (AvgIpc) is 3.86. The fourth-order valence-corrected chi connectivity index (χ4v) is 10.3. The van der Waals surface area contributed by atoms with Gasteiger partial charge in [-0.2, -0.15) is 0 Å². The molecule has 288 valence electrons. The van der Waals surface area contributed by atoms with Crippen LogP contribution in [0.15, 0.2) is 0 Å². The summed E-state index contributed by atoms with van der Waals surface area (Å²) in [5.74, 6) is 1.92. The molecular formula is C42H54O8S3.